The Morgan fingerprint density at radius 1 is 1.29 bits per heavy atom. The van der Waals surface area contributed by atoms with Crippen LogP contribution in [0.5, 0.6) is 0 Å². The van der Waals surface area contributed by atoms with Crippen LogP contribution in [0.4, 0.5) is 0 Å². The Kier molecular flexibility index (Phi) is 3.81. The monoisotopic (exact) mass is 367 g/mol. The van der Waals surface area contributed by atoms with E-state index in [4.69, 9.17) is 0 Å². The fourth-order valence-electron chi connectivity index (χ4n) is 2.39. The molecule has 0 saturated heterocycles. The van der Waals surface area contributed by atoms with Gasteiger partial charge in [-0.2, -0.15) is 4.31 Å². The first-order valence-electron chi connectivity index (χ1n) is 6.54. The molecule has 1 aliphatic heterocycles. The second kappa shape index (κ2) is 5.47. The van der Waals surface area contributed by atoms with Crippen molar-refractivity contribution in [3.8, 4) is 0 Å². The maximum absolute atomic E-state index is 12.7. The van der Waals surface area contributed by atoms with Gasteiger partial charge in [-0.3, -0.25) is 0 Å². The second-order valence-electron chi connectivity index (χ2n) is 4.91. The molecule has 0 bridgehead atoms. The van der Waals surface area contributed by atoms with E-state index in [9.17, 15) is 8.42 Å². The fourth-order valence-corrected chi connectivity index (χ4v) is 4.77. The van der Waals surface area contributed by atoms with E-state index in [1.165, 1.54) is 4.31 Å². The van der Waals surface area contributed by atoms with Gasteiger partial charge < -0.3 is 0 Å². The van der Waals surface area contributed by atoms with Crippen LogP contribution < -0.4 is 0 Å². The van der Waals surface area contributed by atoms with Crippen molar-refractivity contribution in [3.63, 3.8) is 0 Å². The van der Waals surface area contributed by atoms with Gasteiger partial charge in [0.1, 0.15) is 5.82 Å². The van der Waals surface area contributed by atoms with Gasteiger partial charge in [-0.1, -0.05) is 12.1 Å². The second-order valence-corrected chi connectivity index (χ2v) is 7.67. The number of sulfonamides is 1. The van der Waals surface area contributed by atoms with E-state index in [1.54, 1.807) is 30.5 Å². The fraction of sp³-hybridized carbons (Fsp3) is 0.286. The van der Waals surface area contributed by atoms with Gasteiger partial charge >= 0.3 is 0 Å². The lowest BCUT2D eigenvalue weighted by molar-refractivity contribution is 0.386. The molecule has 0 atom stereocenters. The minimum absolute atomic E-state index is 0.293. The SMILES string of the molecule is Cc1ncc2c(n1)CCN(S(=O)(=O)c1ccccc1Br)C2. The van der Waals surface area contributed by atoms with Crippen molar-refractivity contribution in [3.05, 3.63) is 52.0 Å². The lowest BCUT2D eigenvalue weighted by Gasteiger charge is -2.27. The summed E-state index contributed by atoms with van der Waals surface area (Å²) in [6.07, 6.45) is 2.34. The smallest absolute Gasteiger partial charge is 0.241 e. The maximum atomic E-state index is 12.7. The van der Waals surface area contributed by atoms with Crippen LogP contribution in [0.25, 0.3) is 0 Å². The van der Waals surface area contributed by atoms with E-state index in [-0.39, 0.29) is 0 Å². The van der Waals surface area contributed by atoms with Gasteiger partial charge in [0.05, 0.1) is 4.90 Å². The number of fused-ring (bicyclic) bond motifs is 1. The van der Waals surface area contributed by atoms with Crippen LogP contribution in [0.15, 0.2) is 39.8 Å². The third-order valence-corrected chi connectivity index (χ3v) is 6.33. The summed E-state index contributed by atoms with van der Waals surface area (Å²) < 4.78 is 27.5. The zero-order chi connectivity index (χ0) is 15.0. The van der Waals surface area contributed by atoms with Crippen molar-refractivity contribution >= 4 is 26.0 Å². The van der Waals surface area contributed by atoms with E-state index in [0.717, 1.165) is 17.1 Å². The van der Waals surface area contributed by atoms with E-state index in [0.29, 0.717) is 28.9 Å². The highest BCUT2D eigenvalue weighted by Crippen LogP contribution is 2.28. The molecule has 0 spiro atoms. The zero-order valence-corrected chi connectivity index (χ0v) is 13.9. The molecule has 0 radical (unpaired) electrons. The van der Waals surface area contributed by atoms with Crippen LogP contribution in [0.3, 0.4) is 0 Å². The zero-order valence-electron chi connectivity index (χ0n) is 11.5. The summed E-state index contributed by atoms with van der Waals surface area (Å²) in [5, 5.41) is 0. The lowest BCUT2D eigenvalue weighted by atomic mass is 10.1. The summed E-state index contributed by atoms with van der Waals surface area (Å²) in [7, 11) is -3.51. The van der Waals surface area contributed by atoms with Crippen molar-refractivity contribution in [1.29, 1.82) is 0 Å². The number of benzene rings is 1. The Balaban J connectivity index is 1.96. The van der Waals surface area contributed by atoms with Gasteiger partial charge in [-0.25, -0.2) is 18.4 Å². The largest absolute Gasteiger partial charge is 0.244 e. The first-order chi connectivity index (χ1) is 9.98. The average molecular weight is 368 g/mol. The molecular formula is C14H14BrN3O2S. The van der Waals surface area contributed by atoms with Crippen LogP contribution in [-0.4, -0.2) is 29.2 Å². The van der Waals surface area contributed by atoms with E-state index in [2.05, 4.69) is 25.9 Å². The standard InChI is InChI=1S/C14H14BrN3O2S/c1-10-16-8-11-9-18(7-6-13(11)17-10)21(19,20)14-5-3-2-4-12(14)15/h2-5,8H,6-7,9H2,1H3. The van der Waals surface area contributed by atoms with Crippen LogP contribution in [0.2, 0.25) is 0 Å². The molecule has 0 fully saturated rings. The molecule has 2 aromatic rings. The number of halogens is 1. The van der Waals surface area contributed by atoms with E-state index in [1.807, 2.05) is 6.92 Å². The van der Waals surface area contributed by atoms with Crippen molar-refractivity contribution in [2.24, 2.45) is 0 Å². The van der Waals surface area contributed by atoms with Crippen LogP contribution in [-0.2, 0) is 23.0 Å². The first kappa shape index (κ1) is 14.6. The summed E-state index contributed by atoms with van der Waals surface area (Å²) in [5.74, 6) is 0.718. The Morgan fingerprint density at radius 2 is 2.05 bits per heavy atom. The number of hydrogen-bond donors (Lipinski definition) is 0. The molecule has 21 heavy (non-hydrogen) atoms. The predicted molar refractivity (Wildman–Crippen MR) is 82.2 cm³/mol. The van der Waals surface area contributed by atoms with Crippen molar-refractivity contribution in [2.75, 3.05) is 6.54 Å². The maximum Gasteiger partial charge on any atom is 0.244 e. The molecule has 110 valence electrons. The molecule has 1 aliphatic rings. The van der Waals surface area contributed by atoms with Gasteiger partial charge in [0.15, 0.2) is 0 Å². The first-order valence-corrected chi connectivity index (χ1v) is 8.78. The predicted octanol–water partition coefficient (Wildman–Crippen LogP) is 2.29. The molecule has 0 saturated carbocycles. The highest BCUT2D eigenvalue weighted by molar-refractivity contribution is 9.10. The van der Waals surface area contributed by atoms with Gasteiger partial charge in [0, 0.05) is 41.4 Å². The number of rotatable bonds is 2. The molecule has 5 nitrogen and oxygen atoms in total. The minimum atomic E-state index is -3.51. The molecule has 0 unspecified atom stereocenters. The third kappa shape index (κ3) is 2.73. The Morgan fingerprint density at radius 3 is 2.81 bits per heavy atom. The molecule has 0 N–H and O–H groups in total. The topological polar surface area (TPSA) is 63.2 Å². The van der Waals surface area contributed by atoms with Gasteiger partial charge in [0.25, 0.3) is 0 Å². The molecule has 0 aliphatic carbocycles. The number of nitrogens with zero attached hydrogens (tertiary/aromatic N) is 3. The molecule has 2 heterocycles. The summed E-state index contributed by atoms with van der Waals surface area (Å²) in [4.78, 5) is 8.83. The highest BCUT2D eigenvalue weighted by Gasteiger charge is 2.30. The summed E-state index contributed by atoms with van der Waals surface area (Å²) in [5.41, 5.74) is 1.82. The van der Waals surface area contributed by atoms with Gasteiger partial charge in [-0.15, -0.1) is 0 Å². The average Bonchev–Trinajstić information content (AvgIpc) is 2.47. The van der Waals surface area contributed by atoms with Crippen LogP contribution in [0.1, 0.15) is 17.1 Å². The summed E-state index contributed by atoms with van der Waals surface area (Å²) in [6, 6.07) is 6.87. The van der Waals surface area contributed by atoms with E-state index < -0.39 is 10.0 Å². The highest BCUT2D eigenvalue weighted by atomic mass is 79.9. The van der Waals surface area contributed by atoms with E-state index >= 15 is 0 Å². The quantitative estimate of drug-likeness (QED) is 0.816. The van der Waals surface area contributed by atoms with Gasteiger partial charge in [0.2, 0.25) is 10.0 Å². The lowest BCUT2D eigenvalue weighted by Crippen LogP contribution is -2.36. The number of aryl methyl sites for hydroxylation is 1. The van der Waals surface area contributed by atoms with Crippen molar-refractivity contribution in [1.82, 2.24) is 14.3 Å². The molecule has 7 heteroatoms. The number of hydrogen-bond acceptors (Lipinski definition) is 4. The Hall–Kier alpha value is -1.31. The molecule has 3 rings (SSSR count). The number of aromatic nitrogens is 2. The Labute approximate surface area is 132 Å². The minimum Gasteiger partial charge on any atom is -0.241 e. The van der Waals surface area contributed by atoms with Crippen molar-refractivity contribution in [2.45, 2.75) is 24.8 Å². The molecule has 0 amide bonds. The molecule has 1 aromatic carbocycles. The normalized spacial score (nSPS) is 15.7. The van der Waals surface area contributed by atoms with Crippen LogP contribution in [0, 0.1) is 6.92 Å². The van der Waals surface area contributed by atoms with Gasteiger partial charge in [-0.05, 0) is 35.0 Å². The van der Waals surface area contributed by atoms with Crippen LogP contribution >= 0.6 is 15.9 Å². The van der Waals surface area contributed by atoms with Crippen molar-refractivity contribution < 1.29 is 8.42 Å². The molecular weight excluding hydrogens is 354 g/mol. The third-order valence-electron chi connectivity index (χ3n) is 3.47. The molecule has 1 aromatic heterocycles. The summed E-state index contributed by atoms with van der Waals surface area (Å²) in [6.45, 7) is 2.59. The Bertz CT molecular complexity index is 793. The summed E-state index contributed by atoms with van der Waals surface area (Å²) >= 11 is 3.31.